The van der Waals surface area contributed by atoms with Gasteiger partial charge in [0.25, 0.3) is 5.91 Å². The SMILES string of the molecule is CCOc1ccccc1S(=O)(=O)N1CCC(N2CC(=O)N(c3ccccc3)C2=O)CC1. The van der Waals surface area contributed by atoms with E-state index in [9.17, 15) is 18.0 Å². The van der Waals surface area contributed by atoms with E-state index in [1.807, 2.05) is 13.0 Å². The number of carbonyl (C=O) groups is 2. The summed E-state index contributed by atoms with van der Waals surface area (Å²) in [7, 11) is -3.71. The van der Waals surface area contributed by atoms with Crippen molar-refractivity contribution in [2.45, 2.75) is 30.7 Å². The fraction of sp³-hybridized carbons (Fsp3) is 0.364. The minimum Gasteiger partial charge on any atom is -0.492 e. The molecule has 3 amide bonds. The number of carbonyl (C=O) groups excluding carboxylic acids is 2. The number of anilines is 1. The lowest BCUT2D eigenvalue weighted by molar-refractivity contribution is -0.116. The van der Waals surface area contributed by atoms with E-state index >= 15 is 0 Å². The quantitative estimate of drug-likeness (QED) is 0.641. The standard InChI is InChI=1S/C22H25N3O5S/c1-2-30-19-10-6-7-11-20(19)31(28,29)23-14-12-17(13-15-23)24-16-21(26)25(22(24)27)18-8-4-3-5-9-18/h3-11,17H,2,12-16H2,1H3. The first-order valence-electron chi connectivity index (χ1n) is 10.3. The molecule has 2 aliphatic rings. The minimum atomic E-state index is -3.71. The summed E-state index contributed by atoms with van der Waals surface area (Å²) in [6.45, 7) is 2.74. The number of imide groups is 1. The maximum absolute atomic E-state index is 13.2. The summed E-state index contributed by atoms with van der Waals surface area (Å²) in [4.78, 5) is 28.3. The lowest BCUT2D eigenvalue weighted by Gasteiger charge is -2.35. The number of urea groups is 1. The highest BCUT2D eigenvalue weighted by atomic mass is 32.2. The molecule has 2 aromatic rings. The Morgan fingerprint density at radius 2 is 1.61 bits per heavy atom. The highest BCUT2D eigenvalue weighted by Crippen LogP contribution is 2.31. The van der Waals surface area contributed by atoms with Crippen LogP contribution in [-0.2, 0) is 14.8 Å². The fourth-order valence-corrected chi connectivity index (χ4v) is 5.71. The average Bonchev–Trinajstić information content (AvgIpc) is 3.09. The average molecular weight is 444 g/mol. The number of hydrogen-bond donors (Lipinski definition) is 0. The molecule has 0 saturated carbocycles. The van der Waals surface area contributed by atoms with Crippen molar-refractivity contribution >= 4 is 27.6 Å². The van der Waals surface area contributed by atoms with Crippen LogP contribution in [-0.4, -0.2) is 61.8 Å². The van der Waals surface area contributed by atoms with Gasteiger partial charge in [0.05, 0.1) is 12.3 Å². The van der Waals surface area contributed by atoms with Gasteiger partial charge >= 0.3 is 6.03 Å². The predicted molar refractivity (Wildman–Crippen MR) is 115 cm³/mol. The van der Waals surface area contributed by atoms with Crippen LogP contribution in [0.3, 0.4) is 0 Å². The van der Waals surface area contributed by atoms with E-state index in [0.29, 0.717) is 30.9 Å². The number of ether oxygens (including phenoxy) is 1. The van der Waals surface area contributed by atoms with Gasteiger partial charge in [-0.05, 0) is 44.0 Å². The first-order chi connectivity index (χ1) is 14.9. The molecule has 0 aromatic heterocycles. The summed E-state index contributed by atoms with van der Waals surface area (Å²) in [6, 6.07) is 14.9. The monoisotopic (exact) mass is 443 g/mol. The Hall–Kier alpha value is -2.91. The lowest BCUT2D eigenvalue weighted by Crippen LogP contribution is -2.48. The number of benzene rings is 2. The van der Waals surface area contributed by atoms with Crippen molar-refractivity contribution < 1.29 is 22.7 Å². The highest BCUT2D eigenvalue weighted by Gasteiger charge is 2.42. The van der Waals surface area contributed by atoms with Crippen LogP contribution in [0.1, 0.15) is 19.8 Å². The molecule has 0 atom stereocenters. The second kappa shape index (κ2) is 8.68. The van der Waals surface area contributed by atoms with Gasteiger partial charge in [-0.3, -0.25) is 4.79 Å². The Bertz CT molecular complexity index is 1070. The van der Waals surface area contributed by atoms with Crippen LogP contribution in [0.2, 0.25) is 0 Å². The van der Waals surface area contributed by atoms with Gasteiger partial charge in [0.15, 0.2) is 0 Å². The van der Waals surface area contributed by atoms with Gasteiger partial charge in [-0.2, -0.15) is 4.31 Å². The van der Waals surface area contributed by atoms with E-state index in [0.717, 1.165) is 0 Å². The second-order valence-corrected chi connectivity index (χ2v) is 9.40. The van der Waals surface area contributed by atoms with E-state index < -0.39 is 10.0 Å². The molecule has 2 saturated heterocycles. The maximum atomic E-state index is 13.2. The van der Waals surface area contributed by atoms with Crippen LogP contribution >= 0.6 is 0 Å². The minimum absolute atomic E-state index is 0.0122. The van der Waals surface area contributed by atoms with Gasteiger partial charge in [-0.25, -0.2) is 18.1 Å². The summed E-state index contributed by atoms with van der Waals surface area (Å²) < 4.78 is 33.3. The summed E-state index contributed by atoms with van der Waals surface area (Å²) in [5.41, 5.74) is 0.549. The van der Waals surface area contributed by atoms with Crippen molar-refractivity contribution in [3.63, 3.8) is 0 Å². The van der Waals surface area contributed by atoms with E-state index in [-0.39, 0.29) is 42.5 Å². The maximum Gasteiger partial charge on any atom is 0.332 e. The molecule has 2 aromatic carbocycles. The normalized spacial score (nSPS) is 18.6. The largest absolute Gasteiger partial charge is 0.492 e. The molecular formula is C22H25N3O5S. The van der Waals surface area contributed by atoms with Crippen LogP contribution < -0.4 is 9.64 Å². The van der Waals surface area contributed by atoms with Gasteiger partial charge in [0, 0.05) is 19.1 Å². The number of amides is 3. The molecule has 4 rings (SSSR count). The van der Waals surface area contributed by atoms with Crippen LogP contribution in [0.4, 0.5) is 10.5 Å². The van der Waals surface area contributed by atoms with E-state index in [4.69, 9.17) is 4.74 Å². The molecule has 31 heavy (non-hydrogen) atoms. The predicted octanol–water partition coefficient (Wildman–Crippen LogP) is 2.71. The van der Waals surface area contributed by atoms with Gasteiger partial charge < -0.3 is 9.64 Å². The first kappa shape index (κ1) is 21.3. The molecular weight excluding hydrogens is 418 g/mol. The Morgan fingerprint density at radius 3 is 2.29 bits per heavy atom. The number of nitrogens with zero attached hydrogens (tertiary/aromatic N) is 3. The smallest absolute Gasteiger partial charge is 0.332 e. The Balaban J connectivity index is 1.46. The lowest BCUT2D eigenvalue weighted by atomic mass is 10.1. The molecule has 0 unspecified atom stereocenters. The number of rotatable bonds is 6. The van der Waals surface area contributed by atoms with Crippen LogP contribution in [0.25, 0.3) is 0 Å². The third kappa shape index (κ3) is 4.03. The summed E-state index contributed by atoms with van der Waals surface area (Å²) in [6.07, 6.45) is 0.940. The number of para-hydroxylation sites is 2. The van der Waals surface area contributed by atoms with Gasteiger partial charge in [-0.15, -0.1) is 0 Å². The molecule has 0 N–H and O–H groups in total. The Kier molecular flexibility index (Phi) is 5.97. The number of piperidine rings is 1. The van der Waals surface area contributed by atoms with E-state index in [2.05, 4.69) is 0 Å². The summed E-state index contributed by atoms with van der Waals surface area (Å²) in [5.74, 6) is 0.0721. The molecule has 2 heterocycles. The van der Waals surface area contributed by atoms with Crippen molar-refractivity contribution in [3.8, 4) is 5.75 Å². The third-order valence-electron chi connectivity index (χ3n) is 5.64. The van der Waals surface area contributed by atoms with E-state index in [1.54, 1.807) is 53.4 Å². The molecule has 2 fully saturated rings. The summed E-state index contributed by atoms with van der Waals surface area (Å²) in [5, 5.41) is 0. The van der Waals surface area contributed by atoms with Crippen molar-refractivity contribution in [2.75, 3.05) is 31.1 Å². The Labute approximate surface area is 182 Å². The van der Waals surface area contributed by atoms with Crippen LogP contribution in [0.15, 0.2) is 59.5 Å². The molecule has 0 aliphatic carbocycles. The number of hydrogen-bond acceptors (Lipinski definition) is 5. The van der Waals surface area contributed by atoms with Crippen molar-refractivity contribution in [2.24, 2.45) is 0 Å². The Morgan fingerprint density at radius 1 is 0.968 bits per heavy atom. The van der Waals surface area contributed by atoms with Gasteiger partial charge in [0.1, 0.15) is 17.2 Å². The van der Waals surface area contributed by atoms with Crippen LogP contribution in [0.5, 0.6) is 5.75 Å². The van der Waals surface area contributed by atoms with Crippen molar-refractivity contribution in [3.05, 3.63) is 54.6 Å². The zero-order valence-electron chi connectivity index (χ0n) is 17.3. The molecule has 0 spiro atoms. The molecule has 164 valence electrons. The molecule has 0 radical (unpaired) electrons. The highest BCUT2D eigenvalue weighted by molar-refractivity contribution is 7.89. The number of sulfonamides is 1. The molecule has 8 nitrogen and oxygen atoms in total. The molecule has 0 bridgehead atoms. The second-order valence-electron chi connectivity index (χ2n) is 7.49. The van der Waals surface area contributed by atoms with Crippen LogP contribution in [0, 0.1) is 0 Å². The zero-order valence-corrected chi connectivity index (χ0v) is 18.1. The molecule has 2 aliphatic heterocycles. The van der Waals surface area contributed by atoms with E-state index in [1.165, 1.54) is 9.21 Å². The van der Waals surface area contributed by atoms with Crippen molar-refractivity contribution in [1.82, 2.24) is 9.21 Å². The third-order valence-corrected chi connectivity index (χ3v) is 7.58. The zero-order chi connectivity index (χ0) is 22.0. The van der Waals surface area contributed by atoms with Crippen molar-refractivity contribution in [1.29, 1.82) is 0 Å². The molecule has 9 heteroatoms. The first-order valence-corrected chi connectivity index (χ1v) is 11.8. The van der Waals surface area contributed by atoms with Gasteiger partial charge in [-0.1, -0.05) is 30.3 Å². The summed E-state index contributed by atoms with van der Waals surface area (Å²) >= 11 is 0. The topological polar surface area (TPSA) is 87.2 Å². The van der Waals surface area contributed by atoms with Gasteiger partial charge in [0.2, 0.25) is 10.0 Å². The fourth-order valence-electron chi connectivity index (χ4n) is 4.11.